The maximum Gasteiger partial charge on any atom is 0.488 e. The van der Waals surface area contributed by atoms with Crippen molar-refractivity contribution in [3.05, 3.63) is 23.8 Å². The van der Waals surface area contributed by atoms with Crippen LogP contribution in [0.4, 0.5) is 0 Å². The summed E-state index contributed by atoms with van der Waals surface area (Å²) in [5.41, 5.74) is 1.43. The van der Waals surface area contributed by atoms with Gasteiger partial charge in [-0.05, 0) is 43.0 Å². The monoisotopic (exact) mass is 265 g/mol. The smallest absolute Gasteiger partial charge is 0.488 e. The molecule has 106 valence electrons. The molecular weight excluding hydrogens is 241 g/mol. The van der Waals surface area contributed by atoms with Gasteiger partial charge < -0.3 is 14.8 Å². The van der Waals surface area contributed by atoms with Crippen molar-refractivity contribution < 1.29 is 14.8 Å². The average molecular weight is 265 g/mol. The van der Waals surface area contributed by atoms with Crippen molar-refractivity contribution in [2.45, 2.75) is 39.3 Å². The normalized spacial score (nSPS) is 11.2. The predicted molar refractivity (Wildman–Crippen MR) is 78.7 cm³/mol. The number of hydrogen-bond donors (Lipinski definition) is 2. The number of rotatable bonds is 7. The molecule has 0 amide bonds. The van der Waals surface area contributed by atoms with Gasteiger partial charge in [0.1, 0.15) is 5.75 Å². The zero-order valence-electron chi connectivity index (χ0n) is 12.3. The van der Waals surface area contributed by atoms with Gasteiger partial charge in [0, 0.05) is 12.6 Å². The second kappa shape index (κ2) is 7.53. The Morgan fingerprint density at radius 1 is 1.26 bits per heavy atom. The Balaban J connectivity index is 2.96. The van der Waals surface area contributed by atoms with Crippen LogP contribution >= 0.6 is 0 Å². The van der Waals surface area contributed by atoms with Crippen LogP contribution in [0.2, 0.25) is 0 Å². The van der Waals surface area contributed by atoms with E-state index in [2.05, 4.69) is 25.8 Å². The minimum Gasteiger partial charge on any atom is -0.497 e. The maximum atomic E-state index is 9.43. The van der Waals surface area contributed by atoms with E-state index in [0.717, 1.165) is 24.2 Å². The number of hydrogen-bond acceptors (Lipinski definition) is 4. The van der Waals surface area contributed by atoms with Crippen molar-refractivity contribution in [2.75, 3.05) is 14.2 Å². The van der Waals surface area contributed by atoms with Crippen molar-refractivity contribution >= 4 is 12.6 Å². The molecule has 19 heavy (non-hydrogen) atoms. The lowest BCUT2D eigenvalue weighted by atomic mass is 9.76. The van der Waals surface area contributed by atoms with E-state index in [1.165, 1.54) is 0 Å². The third kappa shape index (κ3) is 4.23. The Labute approximate surface area is 116 Å². The maximum absolute atomic E-state index is 9.43. The Morgan fingerprint density at radius 3 is 2.37 bits per heavy atom. The summed E-state index contributed by atoms with van der Waals surface area (Å²) in [6, 6.07) is 5.82. The van der Waals surface area contributed by atoms with Crippen LogP contribution in [0.1, 0.15) is 32.3 Å². The Morgan fingerprint density at radius 2 is 1.89 bits per heavy atom. The summed E-state index contributed by atoms with van der Waals surface area (Å²) in [6.45, 7) is 5.01. The van der Waals surface area contributed by atoms with E-state index < -0.39 is 7.12 Å². The average Bonchev–Trinajstić information content (AvgIpc) is 2.39. The van der Waals surface area contributed by atoms with Gasteiger partial charge in [0.15, 0.2) is 0 Å². The number of methoxy groups -OCH3 is 1. The molecule has 0 heterocycles. The molecular formula is C14H24BNO3. The lowest BCUT2D eigenvalue weighted by Crippen LogP contribution is -2.37. The third-order valence-electron chi connectivity index (χ3n) is 3.61. The van der Waals surface area contributed by atoms with Crippen molar-refractivity contribution in [3.8, 4) is 5.75 Å². The van der Waals surface area contributed by atoms with Gasteiger partial charge in [-0.2, -0.15) is 0 Å². The van der Waals surface area contributed by atoms with E-state index in [1.807, 2.05) is 6.07 Å². The summed E-state index contributed by atoms with van der Waals surface area (Å²) in [4.78, 5) is 2.24. The molecule has 2 N–H and O–H groups in total. The van der Waals surface area contributed by atoms with E-state index >= 15 is 0 Å². The summed E-state index contributed by atoms with van der Waals surface area (Å²) >= 11 is 0. The van der Waals surface area contributed by atoms with Crippen molar-refractivity contribution in [2.24, 2.45) is 0 Å². The molecule has 4 nitrogen and oxygen atoms in total. The van der Waals surface area contributed by atoms with Crippen molar-refractivity contribution in [3.63, 3.8) is 0 Å². The van der Waals surface area contributed by atoms with E-state index in [4.69, 9.17) is 4.74 Å². The van der Waals surface area contributed by atoms with E-state index in [-0.39, 0.29) is 0 Å². The largest absolute Gasteiger partial charge is 0.497 e. The lowest BCUT2D eigenvalue weighted by Gasteiger charge is -2.27. The zero-order chi connectivity index (χ0) is 14.4. The molecule has 0 aliphatic heterocycles. The highest BCUT2D eigenvalue weighted by atomic mass is 16.5. The first-order valence-corrected chi connectivity index (χ1v) is 6.76. The van der Waals surface area contributed by atoms with E-state index in [0.29, 0.717) is 18.0 Å². The Bertz CT molecular complexity index is 394. The van der Waals surface area contributed by atoms with E-state index in [1.54, 1.807) is 19.2 Å². The predicted octanol–water partition coefficient (Wildman–Crippen LogP) is 0.995. The molecule has 0 spiro atoms. The molecule has 0 saturated heterocycles. The van der Waals surface area contributed by atoms with Gasteiger partial charge in [-0.15, -0.1) is 0 Å². The van der Waals surface area contributed by atoms with Crippen molar-refractivity contribution in [1.82, 2.24) is 4.90 Å². The number of ether oxygens (including phenoxy) is 1. The fourth-order valence-corrected chi connectivity index (χ4v) is 2.41. The molecule has 0 bridgehead atoms. The molecule has 0 aromatic heterocycles. The molecule has 0 atom stereocenters. The summed E-state index contributed by atoms with van der Waals surface area (Å²) < 4.78 is 5.20. The summed E-state index contributed by atoms with van der Waals surface area (Å²) in [6.07, 6.45) is 2.15. The van der Waals surface area contributed by atoms with Crippen LogP contribution in [0.25, 0.3) is 0 Å². The SMILES string of the molecule is CCC(CC)N(C)Cc1cc(OC)ccc1B(O)O. The summed E-state index contributed by atoms with van der Waals surface area (Å²) in [7, 11) is 2.22. The number of nitrogens with zero attached hydrogens (tertiary/aromatic N) is 1. The highest BCUT2D eigenvalue weighted by Crippen LogP contribution is 2.15. The molecule has 0 radical (unpaired) electrons. The van der Waals surface area contributed by atoms with Gasteiger partial charge in [-0.25, -0.2) is 0 Å². The molecule has 1 aromatic carbocycles. The highest BCUT2D eigenvalue weighted by Gasteiger charge is 2.19. The molecule has 1 rings (SSSR count). The van der Waals surface area contributed by atoms with Gasteiger partial charge in [0.05, 0.1) is 7.11 Å². The molecule has 0 fully saturated rings. The van der Waals surface area contributed by atoms with Crippen molar-refractivity contribution in [1.29, 1.82) is 0 Å². The van der Waals surface area contributed by atoms with Crippen LogP contribution in [-0.4, -0.2) is 42.3 Å². The second-order valence-electron chi connectivity index (χ2n) is 4.82. The first kappa shape index (κ1) is 16.0. The highest BCUT2D eigenvalue weighted by molar-refractivity contribution is 6.59. The minimum atomic E-state index is -1.45. The van der Waals surface area contributed by atoms with Crippen LogP contribution in [0.15, 0.2) is 18.2 Å². The molecule has 0 unspecified atom stereocenters. The summed E-state index contributed by atoms with van der Waals surface area (Å²) in [5, 5.41) is 18.9. The zero-order valence-corrected chi connectivity index (χ0v) is 12.3. The third-order valence-corrected chi connectivity index (χ3v) is 3.61. The second-order valence-corrected chi connectivity index (χ2v) is 4.82. The van der Waals surface area contributed by atoms with Crippen LogP contribution in [0.5, 0.6) is 5.75 Å². The first-order valence-electron chi connectivity index (χ1n) is 6.76. The Hall–Kier alpha value is -1.04. The molecule has 0 saturated carbocycles. The topological polar surface area (TPSA) is 52.9 Å². The Kier molecular flexibility index (Phi) is 6.35. The van der Waals surface area contributed by atoms with Gasteiger partial charge in [-0.3, -0.25) is 4.90 Å². The van der Waals surface area contributed by atoms with Crippen LogP contribution in [-0.2, 0) is 6.54 Å². The van der Waals surface area contributed by atoms with Gasteiger partial charge in [0.2, 0.25) is 0 Å². The van der Waals surface area contributed by atoms with Crippen LogP contribution in [0.3, 0.4) is 0 Å². The summed E-state index contributed by atoms with van der Waals surface area (Å²) in [5.74, 6) is 0.734. The molecule has 5 heteroatoms. The molecule has 1 aromatic rings. The van der Waals surface area contributed by atoms with Gasteiger partial charge in [-0.1, -0.05) is 19.9 Å². The fraction of sp³-hybridized carbons (Fsp3) is 0.571. The van der Waals surface area contributed by atoms with Gasteiger partial charge in [0.25, 0.3) is 0 Å². The molecule has 0 aliphatic rings. The minimum absolute atomic E-state index is 0.495. The molecule has 0 aliphatic carbocycles. The van der Waals surface area contributed by atoms with Crippen LogP contribution < -0.4 is 10.2 Å². The quantitative estimate of drug-likeness (QED) is 0.722. The standard InChI is InChI=1S/C14H24BNO3/c1-5-12(6-2)16(3)10-11-9-13(19-4)7-8-14(11)15(17)18/h7-9,12,17-18H,5-6,10H2,1-4H3. The van der Waals surface area contributed by atoms with E-state index in [9.17, 15) is 10.0 Å². The number of benzene rings is 1. The fourth-order valence-electron chi connectivity index (χ4n) is 2.41. The first-order chi connectivity index (χ1) is 9.03. The lowest BCUT2D eigenvalue weighted by molar-refractivity contribution is 0.222. The van der Waals surface area contributed by atoms with Crippen LogP contribution in [0, 0.1) is 0 Å². The van der Waals surface area contributed by atoms with Gasteiger partial charge >= 0.3 is 7.12 Å².